The van der Waals surface area contributed by atoms with Crippen molar-refractivity contribution < 1.29 is 0 Å². The lowest BCUT2D eigenvalue weighted by Crippen LogP contribution is -2.33. The molecular formula is C14H23BrN2. The lowest BCUT2D eigenvalue weighted by Gasteiger charge is -2.29. The number of benzene rings is 1. The average Bonchev–Trinajstić information content (AvgIpc) is 2.23. The van der Waals surface area contributed by atoms with Crippen molar-refractivity contribution in [1.82, 2.24) is 4.90 Å². The summed E-state index contributed by atoms with van der Waals surface area (Å²) in [5.41, 5.74) is 8.48. The third-order valence-electron chi connectivity index (χ3n) is 2.98. The second-order valence-electron chi connectivity index (χ2n) is 5.09. The van der Waals surface area contributed by atoms with E-state index in [0.29, 0.717) is 18.5 Å². The molecule has 0 radical (unpaired) electrons. The minimum Gasteiger partial charge on any atom is -0.329 e. The molecule has 3 heteroatoms. The molecule has 0 saturated carbocycles. The number of halogens is 1. The molecule has 0 aliphatic heterocycles. The van der Waals surface area contributed by atoms with Crippen molar-refractivity contribution in [1.29, 1.82) is 0 Å². The van der Waals surface area contributed by atoms with Gasteiger partial charge in [-0.1, -0.05) is 41.9 Å². The number of nitrogens with zero attached hydrogens (tertiary/aromatic N) is 1. The zero-order chi connectivity index (χ0) is 13.0. The van der Waals surface area contributed by atoms with E-state index in [1.165, 1.54) is 11.1 Å². The highest BCUT2D eigenvalue weighted by molar-refractivity contribution is 9.10. The maximum Gasteiger partial charge on any atom is 0.0467 e. The van der Waals surface area contributed by atoms with Crippen molar-refractivity contribution in [3.05, 3.63) is 33.8 Å². The van der Waals surface area contributed by atoms with Gasteiger partial charge in [0.15, 0.2) is 0 Å². The van der Waals surface area contributed by atoms with Crippen LogP contribution in [-0.4, -0.2) is 25.0 Å². The Hall–Kier alpha value is -0.380. The number of hydrogen-bond donors (Lipinski definition) is 1. The maximum absolute atomic E-state index is 5.92. The van der Waals surface area contributed by atoms with Crippen LogP contribution in [0.1, 0.15) is 31.0 Å². The number of aryl methyl sites for hydroxylation is 1. The van der Waals surface area contributed by atoms with Crippen molar-refractivity contribution in [2.45, 2.75) is 26.8 Å². The number of nitrogens with two attached hydrogens (primary N) is 1. The Morgan fingerprint density at radius 2 is 2.00 bits per heavy atom. The second kappa shape index (κ2) is 6.53. The van der Waals surface area contributed by atoms with E-state index in [4.69, 9.17) is 5.73 Å². The first kappa shape index (κ1) is 14.7. The third-order valence-corrected chi connectivity index (χ3v) is 3.86. The summed E-state index contributed by atoms with van der Waals surface area (Å²) >= 11 is 3.53. The predicted molar refractivity (Wildman–Crippen MR) is 78.1 cm³/mol. The van der Waals surface area contributed by atoms with Crippen LogP contribution in [-0.2, 0) is 0 Å². The highest BCUT2D eigenvalue weighted by Gasteiger charge is 2.16. The van der Waals surface area contributed by atoms with E-state index in [-0.39, 0.29) is 0 Å². The van der Waals surface area contributed by atoms with Crippen molar-refractivity contribution in [2.75, 3.05) is 20.1 Å². The third kappa shape index (κ3) is 4.09. The minimum atomic E-state index is 0.309. The van der Waals surface area contributed by atoms with Gasteiger partial charge in [0.1, 0.15) is 0 Å². The molecule has 1 aromatic carbocycles. The molecule has 1 aromatic rings. The lowest BCUT2D eigenvalue weighted by molar-refractivity contribution is 0.223. The monoisotopic (exact) mass is 298 g/mol. The summed E-state index contributed by atoms with van der Waals surface area (Å²) in [6, 6.07) is 6.80. The average molecular weight is 299 g/mol. The topological polar surface area (TPSA) is 29.3 Å². The van der Waals surface area contributed by atoms with E-state index >= 15 is 0 Å². The van der Waals surface area contributed by atoms with Gasteiger partial charge >= 0.3 is 0 Å². The Kier molecular flexibility index (Phi) is 5.63. The molecule has 0 aromatic heterocycles. The molecule has 0 aliphatic rings. The quantitative estimate of drug-likeness (QED) is 0.903. The largest absolute Gasteiger partial charge is 0.329 e. The van der Waals surface area contributed by atoms with Crippen LogP contribution in [0.2, 0.25) is 0 Å². The van der Waals surface area contributed by atoms with Crippen molar-refractivity contribution in [2.24, 2.45) is 11.7 Å². The number of likely N-dealkylation sites (N-methyl/N-ethyl adjacent to an activating group) is 1. The number of hydrogen-bond acceptors (Lipinski definition) is 2. The van der Waals surface area contributed by atoms with Gasteiger partial charge < -0.3 is 5.73 Å². The summed E-state index contributed by atoms with van der Waals surface area (Å²) in [4.78, 5) is 2.34. The summed E-state index contributed by atoms with van der Waals surface area (Å²) in [5, 5.41) is 0. The van der Waals surface area contributed by atoms with Crippen molar-refractivity contribution >= 4 is 15.9 Å². The molecule has 0 saturated heterocycles. The maximum atomic E-state index is 5.92. The Morgan fingerprint density at radius 1 is 1.35 bits per heavy atom. The summed E-state index contributed by atoms with van der Waals surface area (Å²) in [5.74, 6) is 0.658. The van der Waals surface area contributed by atoms with Crippen LogP contribution in [0.3, 0.4) is 0 Å². The second-order valence-corrected chi connectivity index (χ2v) is 5.95. The fraction of sp³-hybridized carbons (Fsp3) is 0.571. The van der Waals surface area contributed by atoms with Crippen LogP contribution in [0.5, 0.6) is 0 Å². The van der Waals surface area contributed by atoms with Gasteiger partial charge in [-0.3, -0.25) is 4.90 Å². The summed E-state index contributed by atoms with van der Waals surface area (Å²) in [6.07, 6.45) is 0. The highest BCUT2D eigenvalue weighted by atomic mass is 79.9. The SMILES string of the molecule is Cc1cc(C(CN)N(C)CC(C)C)ccc1Br. The van der Waals surface area contributed by atoms with Crippen LogP contribution in [0.25, 0.3) is 0 Å². The van der Waals surface area contributed by atoms with Gasteiger partial charge in [-0.15, -0.1) is 0 Å². The molecule has 1 unspecified atom stereocenters. The van der Waals surface area contributed by atoms with E-state index in [2.05, 4.69) is 66.8 Å². The Bertz CT molecular complexity index is 363. The van der Waals surface area contributed by atoms with Gasteiger partial charge in [0.25, 0.3) is 0 Å². The lowest BCUT2D eigenvalue weighted by atomic mass is 10.0. The molecule has 0 bridgehead atoms. The molecule has 17 heavy (non-hydrogen) atoms. The van der Waals surface area contributed by atoms with Crippen LogP contribution >= 0.6 is 15.9 Å². The first-order valence-corrected chi connectivity index (χ1v) is 6.91. The Labute approximate surface area is 113 Å². The zero-order valence-electron chi connectivity index (χ0n) is 11.2. The van der Waals surface area contributed by atoms with Crippen LogP contribution in [0.4, 0.5) is 0 Å². The Morgan fingerprint density at radius 3 is 2.47 bits per heavy atom. The van der Waals surface area contributed by atoms with Gasteiger partial charge in [-0.25, -0.2) is 0 Å². The summed E-state index contributed by atoms with van der Waals surface area (Å²) in [6.45, 7) is 8.30. The van der Waals surface area contributed by atoms with E-state index in [1.54, 1.807) is 0 Å². The molecule has 2 N–H and O–H groups in total. The fourth-order valence-electron chi connectivity index (χ4n) is 2.15. The van der Waals surface area contributed by atoms with Crippen LogP contribution in [0, 0.1) is 12.8 Å². The minimum absolute atomic E-state index is 0.309. The molecule has 1 atom stereocenters. The van der Waals surface area contributed by atoms with Gasteiger partial charge in [0.2, 0.25) is 0 Å². The van der Waals surface area contributed by atoms with E-state index in [0.717, 1.165) is 11.0 Å². The molecule has 1 rings (SSSR count). The van der Waals surface area contributed by atoms with E-state index in [9.17, 15) is 0 Å². The highest BCUT2D eigenvalue weighted by Crippen LogP contribution is 2.24. The zero-order valence-corrected chi connectivity index (χ0v) is 12.8. The molecule has 0 heterocycles. The van der Waals surface area contributed by atoms with Crippen molar-refractivity contribution in [3.8, 4) is 0 Å². The smallest absolute Gasteiger partial charge is 0.0467 e. The van der Waals surface area contributed by atoms with Gasteiger partial charge in [-0.2, -0.15) is 0 Å². The normalized spacial score (nSPS) is 13.4. The molecule has 0 fully saturated rings. The first-order valence-electron chi connectivity index (χ1n) is 6.12. The molecule has 96 valence electrons. The predicted octanol–water partition coefficient (Wildman–Crippen LogP) is 3.35. The fourth-order valence-corrected chi connectivity index (χ4v) is 2.40. The molecule has 0 aliphatic carbocycles. The summed E-state index contributed by atoms with van der Waals surface area (Å²) in [7, 11) is 2.15. The van der Waals surface area contributed by atoms with Gasteiger partial charge in [-0.05, 0) is 37.1 Å². The summed E-state index contributed by atoms with van der Waals surface area (Å²) < 4.78 is 1.16. The van der Waals surface area contributed by atoms with Crippen LogP contribution in [0.15, 0.2) is 22.7 Å². The molecule has 0 spiro atoms. The molecular weight excluding hydrogens is 276 g/mol. The van der Waals surface area contributed by atoms with E-state index in [1.807, 2.05) is 0 Å². The van der Waals surface area contributed by atoms with Crippen molar-refractivity contribution in [3.63, 3.8) is 0 Å². The number of rotatable bonds is 5. The Balaban J connectivity index is 2.89. The molecule has 0 amide bonds. The van der Waals surface area contributed by atoms with Crippen LogP contribution < -0.4 is 5.73 Å². The first-order chi connectivity index (χ1) is 7.95. The van der Waals surface area contributed by atoms with Gasteiger partial charge in [0, 0.05) is 23.6 Å². The van der Waals surface area contributed by atoms with E-state index < -0.39 is 0 Å². The molecule has 2 nitrogen and oxygen atoms in total. The standard InChI is InChI=1S/C14H23BrN2/c1-10(2)9-17(4)14(8-16)12-5-6-13(15)11(3)7-12/h5-7,10,14H,8-9,16H2,1-4H3. The van der Waals surface area contributed by atoms with Gasteiger partial charge in [0.05, 0.1) is 0 Å².